The standard InChI is InChI=1S/C40H77N2O6P/c1-6-8-10-12-14-16-17-18-19-20-21-22-23-24-26-27-29-31-33-39(43)38(37-48-49(45,46)47-36-35-42(3,4)5)41-40(44)34-32-30-28-25-15-13-11-9-7-2/h20-21,24,26,31,33,38-39,43H,6-19,22-23,25,27-30,32,34-37H2,1-5H3,(H-,41,44,45,46)/p+1/b21-20+,26-24+,33-31+. The van der Waals surface area contributed by atoms with Gasteiger partial charge in [-0.15, -0.1) is 0 Å². The van der Waals surface area contributed by atoms with Crippen molar-refractivity contribution in [2.75, 3.05) is 40.9 Å². The van der Waals surface area contributed by atoms with Gasteiger partial charge >= 0.3 is 7.82 Å². The number of carbonyl (C=O) groups excluding carboxylic acids is 1. The minimum Gasteiger partial charge on any atom is -0.387 e. The van der Waals surface area contributed by atoms with Crippen molar-refractivity contribution in [3.8, 4) is 0 Å². The van der Waals surface area contributed by atoms with E-state index >= 15 is 0 Å². The van der Waals surface area contributed by atoms with Crippen LogP contribution in [0.2, 0.25) is 0 Å². The number of hydrogen-bond donors (Lipinski definition) is 3. The van der Waals surface area contributed by atoms with Crippen molar-refractivity contribution in [2.24, 2.45) is 0 Å². The molecular weight excluding hydrogens is 635 g/mol. The van der Waals surface area contributed by atoms with Crippen molar-refractivity contribution < 1.29 is 32.9 Å². The number of unbranched alkanes of at least 4 members (excludes halogenated alkanes) is 18. The largest absolute Gasteiger partial charge is 0.472 e. The number of phosphoric acid groups is 1. The molecule has 9 heteroatoms. The lowest BCUT2D eigenvalue weighted by Gasteiger charge is -2.25. The van der Waals surface area contributed by atoms with Gasteiger partial charge in [-0.2, -0.15) is 0 Å². The van der Waals surface area contributed by atoms with Crippen molar-refractivity contribution in [3.05, 3.63) is 36.5 Å². The maximum atomic E-state index is 12.7. The topological polar surface area (TPSA) is 105 Å². The number of likely N-dealkylation sites (N-methyl/N-ethyl adjacent to an activating group) is 1. The molecule has 3 atom stereocenters. The summed E-state index contributed by atoms with van der Waals surface area (Å²) in [5.74, 6) is -0.197. The molecule has 0 fully saturated rings. The summed E-state index contributed by atoms with van der Waals surface area (Å²) in [7, 11) is 1.54. The lowest BCUT2D eigenvalue weighted by Crippen LogP contribution is -2.45. The number of hydrogen-bond acceptors (Lipinski definition) is 5. The second-order valence-corrected chi connectivity index (χ2v) is 16.1. The molecule has 0 spiro atoms. The van der Waals surface area contributed by atoms with Crippen LogP contribution in [-0.4, -0.2) is 73.4 Å². The maximum Gasteiger partial charge on any atom is 0.472 e. The van der Waals surface area contributed by atoms with Gasteiger partial charge in [-0.3, -0.25) is 13.8 Å². The van der Waals surface area contributed by atoms with E-state index in [-0.39, 0.29) is 19.1 Å². The summed E-state index contributed by atoms with van der Waals surface area (Å²) in [6.07, 6.45) is 37.9. The summed E-state index contributed by atoms with van der Waals surface area (Å²) >= 11 is 0. The third-order valence-electron chi connectivity index (χ3n) is 8.59. The Balaban J connectivity index is 4.55. The van der Waals surface area contributed by atoms with Gasteiger partial charge < -0.3 is 19.8 Å². The van der Waals surface area contributed by atoms with Crippen molar-refractivity contribution in [1.82, 2.24) is 5.32 Å². The SMILES string of the molecule is CCCCCCCCCC/C=C/CC/C=C/CC/C=C/C(O)C(COP(=O)(O)OCC[N+](C)(C)C)NC(=O)CCCCCCCCCCC. The van der Waals surface area contributed by atoms with E-state index in [0.717, 1.165) is 44.9 Å². The maximum absolute atomic E-state index is 12.7. The average Bonchev–Trinajstić information content (AvgIpc) is 3.04. The van der Waals surface area contributed by atoms with Crippen molar-refractivity contribution >= 4 is 13.7 Å². The quantitative estimate of drug-likeness (QED) is 0.0261. The molecule has 0 aromatic rings. The molecule has 3 unspecified atom stereocenters. The fourth-order valence-corrected chi connectivity index (χ4v) is 6.10. The van der Waals surface area contributed by atoms with Crippen LogP contribution in [0.4, 0.5) is 0 Å². The lowest BCUT2D eigenvalue weighted by molar-refractivity contribution is -0.870. The number of aliphatic hydroxyl groups excluding tert-OH is 1. The molecule has 0 aliphatic heterocycles. The van der Waals surface area contributed by atoms with Crippen LogP contribution >= 0.6 is 7.82 Å². The van der Waals surface area contributed by atoms with Gasteiger partial charge in [-0.25, -0.2) is 4.57 Å². The number of phosphoric ester groups is 1. The highest BCUT2D eigenvalue weighted by molar-refractivity contribution is 7.47. The van der Waals surface area contributed by atoms with Crippen LogP contribution in [0.15, 0.2) is 36.5 Å². The van der Waals surface area contributed by atoms with Crippen molar-refractivity contribution in [2.45, 2.75) is 174 Å². The molecule has 0 rings (SSSR count). The van der Waals surface area contributed by atoms with E-state index in [2.05, 4.69) is 43.5 Å². The second-order valence-electron chi connectivity index (χ2n) is 14.6. The summed E-state index contributed by atoms with van der Waals surface area (Å²) in [6, 6.07) is -0.863. The molecule has 0 heterocycles. The van der Waals surface area contributed by atoms with Gasteiger partial charge in [0.1, 0.15) is 13.2 Å². The van der Waals surface area contributed by atoms with Gasteiger partial charge in [-0.05, 0) is 44.9 Å². The van der Waals surface area contributed by atoms with E-state index in [1.165, 1.54) is 96.3 Å². The number of rotatable bonds is 35. The minimum atomic E-state index is -4.34. The van der Waals surface area contributed by atoms with E-state index in [1.54, 1.807) is 6.08 Å². The van der Waals surface area contributed by atoms with E-state index in [1.807, 2.05) is 27.2 Å². The predicted octanol–water partition coefficient (Wildman–Crippen LogP) is 10.4. The summed E-state index contributed by atoms with van der Waals surface area (Å²) in [4.78, 5) is 22.9. The molecule has 8 nitrogen and oxygen atoms in total. The zero-order valence-corrected chi connectivity index (χ0v) is 33.3. The fourth-order valence-electron chi connectivity index (χ4n) is 5.36. The number of nitrogens with zero attached hydrogens (tertiary/aromatic N) is 1. The normalized spacial score (nSPS) is 15.0. The summed E-state index contributed by atoms with van der Waals surface area (Å²) in [5, 5.41) is 13.7. The highest BCUT2D eigenvalue weighted by Gasteiger charge is 2.27. The number of carbonyl (C=O) groups is 1. The van der Waals surface area contributed by atoms with Crippen molar-refractivity contribution in [3.63, 3.8) is 0 Å². The van der Waals surface area contributed by atoms with Gasteiger partial charge in [0.15, 0.2) is 0 Å². The Bertz CT molecular complexity index is 902. The zero-order chi connectivity index (χ0) is 36.5. The molecule has 49 heavy (non-hydrogen) atoms. The van der Waals surface area contributed by atoms with Gasteiger partial charge in [0.05, 0.1) is 39.9 Å². The molecule has 1 amide bonds. The molecule has 0 radical (unpaired) electrons. The smallest absolute Gasteiger partial charge is 0.387 e. The summed E-state index contributed by atoms with van der Waals surface area (Å²) in [5.41, 5.74) is 0. The Morgan fingerprint density at radius 1 is 0.673 bits per heavy atom. The molecule has 0 aromatic heterocycles. The number of amides is 1. The highest BCUT2D eigenvalue weighted by atomic mass is 31.2. The summed E-state index contributed by atoms with van der Waals surface area (Å²) in [6.45, 7) is 4.73. The third-order valence-corrected chi connectivity index (χ3v) is 9.57. The molecule has 0 bridgehead atoms. The highest BCUT2D eigenvalue weighted by Crippen LogP contribution is 2.43. The Kier molecular flexibility index (Phi) is 31.8. The van der Waals surface area contributed by atoms with Gasteiger partial charge in [-0.1, -0.05) is 147 Å². The van der Waals surface area contributed by atoms with Crippen LogP contribution in [0.1, 0.15) is 162 Å². The number of nitrogens with one attached hydrogen (secondary N) is 1. The van der Waals surface area contributed by atoms with Crippen LogP contribution in [0.25, 0.3) is 0 Å². The first-order valence-corrected chi connectivity index (χ1v) is 21.4. The van der Waals surface area contributed by atoms with Crippen LogP contribution in [0.3, 0.4) is 0 Å². The van der Waals surface area contributed by atoms with Crippen LogP contribution in [0, 0.1) is 0 Å². The number of aliphatic hydroxyl groups is 1. The first-order chi connectivity index (χ1) is 23.5. The second kappa shape index (κ2) is 32.6. The summed E-state index contributed by atoms with van der Waals surface area (Å²) < 4.78 is 23.4. The van der Waals surface area contributed by atoms with E-state index in [4.69, 9.17) is 9.05 Å². The average molecular weight is 714 g/mol. The Morgan fingerprint density at radius 3 is 1.63 bits per heavy atom. The molecule has 0 saturated heterocycles. The number of allylic oxidation sites excluding steroid dienone is 5. The number of quaternary nitrogens is 1. The van der Waals surface area contributed by atoms with Crippen LogP contribution < -0.4 is 5.32 Å². The fraction of sp³-hybridized carbons (Fsp3) is 0.825. The molecule has 288 valence electrons. The molecule has 3 N–H and O–H groups in total. The molecular formula is C40H78N2O6P+. The first kappa shape index (κ1) is 47.7. The van der Waals surface area contributed by atoms with Gasteiger partial charge in [0, 0.05) is 6.42 Å². The van der Waals surface area contributed by atoms with Gasteiger partial charge in [0.2, 0.25) is 5.91 Å². The first-order valence-electron chi connectivity index (χ1n) is 19.9. The van der Waals surface area contributed by atoms with E-state index in [0.29, 0.717) is 17.4 Å². The monoisotopic (exact) mass is 714 g/mol. The van der Waals surface area contributed by atoms with Crippen molar-refractivity contribution in [1.29, 1.82) is 0 Å². The van der Waals surface area contributed by atoms with Crippen LogP contribution in [-0.2, 0) is 18.4 Å². The minimum absolute atomic E-state index is 0.0540. The Labute approximate surface area is 302 Å². The third kappa shape index (κ3) is 34.9. The molecule has 0 aromatic carbocycles. The van der Waals surface area contributed by atoms with E-state index < -0.39 is 20.0 Å². The Hall–Kier alpha value is -1.28. The van der Waals surface area contributed by atoms with E-state index in [9.17, 15) is 19.4 Å². The Morgan fingerprint density at radius 2 is 1.12 bits per heavy atom. The molecule has 0 aliphatic rings. The lowest BCUT2D eigenvalue weighted by atomic mass is 10.1. The van der Waals surface area contributed by atoms with Crippen LogP contribution in [0.5, 0.6) is 0 Å². The molecule has 0 aliphatic carbocycles. The molecule has 0 saturated carbocycles. The van der Waals surface area contributed by atoms with Gasteiger partial charge in [0.25, 0.3) is 0 Å². The predicted molar refractivity (Wildman–Crippen MR) is 208 cm³/mol. The zero-order valence-electron chi connectivity index (χ0n) is 32.4.